The third-order valence-electron chi connectivity index (χ3n) is 4.78. The maximum atomic E-state index is 12.0. The van der Waals surface area contributed by atoms with Gasteiger partial charge in [0.05, 0.1) is 5.56 Å². The van der Waals surface area contributed by atoms with Gasteiger partial charge in [-0.05, 0) is 31.0 Å². The summed E-state index contributed by atoms with van der Waals surface area (Å²) in [5.74, 6) is 0.635. The second kappa shape index (κ2) is 6.56. The molecule has 0 amide bonds. The van der Waals surface area contributed by atoms with Gasteiger partial charge < -0.3 is 19.5 Å². The number of cyclic esters (lactones) is 1. The standard InChI is InChI=1S/C21H23NO4/c1-3-11-21(12-4-2)25-17-10-9-14(13-18(17)26-21)22-19-15-7-5-6-8-16(15)20(23)24-19/h5-10,13,19,22H,3-4,11-12H2,1-2H3. The van der Waals surface area contributed by atoms with Gasteiger partial charge >= 0.3 is 5.97 Å². The highest BCUT2D eigenvalue weighted by atomic mass is 16.7. The van der Waals surface area contributed by atoms with Crippen molar-refractivity contribution in [3.05, 3.63) is 53.6 Å². The van der Waals surface area contributed by atoms with Crippen molar-refractivity contribution < 1.29 is 19.0 Å². The molecule has 1 atom stereocenters. The summed E-state index contributed by atoms with van der Waals surface area (Å²) in [5, 5.41) is 3.27. The molecule has 1 N–H and O–H groups in total. The minimum atomic E-state index is -0.559. The van der Waals surface area contributed by atoms with E-state index in [-0.39, 0.29) is 5.97 Å². The third-order valence-corrected chi connectivity index (χ3v) is 4.78. The maximum absolute atomic E-state index is 12.0. The van der Waals surface area contributed by atoms with Gasteiger partial charge in [0.15, 0.2) is 11.5 Å². The first-order valence-corrected chi connectivity index (χ1v) is 9.22. The molecular formula is C21H23NO4. The molecule has 136 valence electrons. The predicted molar refractivity (Wildman–Crippen MR) is 98.5 cm³/mol. The summed E-state index contributed by atoms with van der Waals surface area (Å²) in [4.78, 5) is 12.0. The van der Waals surface area contributed by atoms with Crippen LogP contribution in [0.5, 0.6) is 11.5 Å². The number of rotatable bonds is 6. The number of ether oxygens (including phenoxy) is 3. The molecule has 5 heteroatoms. The molecule has 5 nitrogen and oxygen atoms in total. The highest BCUT2D eigenvalue weighted by molar-refractivity contribution is 5.94. The molecule has 2 aromatic rings. The zero-order chi connectivity index (χ0) is 18.1. The Bertz CT molecular complexity index is 827. The molecule has 0 aliphatic carbocycles. The Morgan fingerprint density at radius 3 is 2.50 bits per heavy atom. The van der Waals surface area contributed by atoms with Crippen molar-refractivity contribution in [2.45, 2.75) is 51.5 Å². The van der Waals surface area contributed by atoms with E-state index in [1.165, 1.54) is 0 Å². The molecule has 0 saturated heterocycles. The average molecular weight is 353 g/mol. The molecule has 26 heavy (non-hydrogen) atoms. The number of hydrogen-bond acceptors (Lipinski definition) is 5. The quantitative estimate of drug-likeness (QED) is 0.738. The number of carbonyl (C=O) groups excluding carboxylic acids is 1. The van der Waals surface area contributed by atoms with Crippen molar-refractivity contribution in [1.29, 1.82) is 0 Å². The summed E-state index contributed by atoms with van der Waals surface area (Å²) < 4.78 is 17.8. The van der Waals surface area contributed by atoms with Crippen LogP contribution in [0.2, 0.25) is 0 Å². The Morgan fingerprint density at radius 1 is 1.00 bits per heavy atom. The first-order valence-electron chi connectivity index (χ1n) is 9.22. The predicted octanol–water partition coefficient (Wildman–Crippen LogP) is 5.04. The largest absolute Gasteiger partial charge is 0.448 e. The van der Waals surface area contributed by atoms with Gasteiger partial charge in [0, 0.05) is 30.2 Å². The number of nitrogens with one attached hydrogen (secondary N) is 1. The molecule has 0 bridgehead atoms. The summed E-state index contributed by atoms with van der Waals surface area (Å²) in [6.45, 7) is 4.26. The van der Waals surface area contributed by atoms with E-state index in [2.05, 4.69) is 19.2 Å². The van der Waals surface area contributed by atoms with Crippen molar-refractivity contribution in [3.8, 4) is 11.5 Å². The summed E-state index contributed by atoms with van der Waals surface area (Å²) >= 11 is 0. The maximum Gasteiger partial charge on any atom is 0.340 e. The Labute approximate surface area is 153 Å². The molecular weight excluding hydrogens is 330 g/mol. The summed E-state index contributed by atoms with van der Waals surface area (Å²) in [6.07, 6.45) is 3.20. The lowest BCUT2D eigenvalue weighted by molar-refractivity contribution is -0.0926. The molecule has 0 fully saturated rings. The average Bonchev–Trinajstić information content (AvgIpc) is 3.13. The van der Waals surface area contributed by atoms with Crippen LogP contribution in [0.25, 0.3) is 0 Å². The molecule has 2 aliphatic rings. The summed E-state index contributed by atoms with van der Waals surface area (Å²) in [7, 11) is 0. The van der Waals surface area contributed by atoms with Crippen LogP contribution in [-0.2, 0) is 4.74 Å². The van der Waals surface area contributed by atoms with E-state index >= 15 is 0 Å². The Balaban J connectivity index is 1.54. The van der Waals surface area contributed by atoms with Gasteiger partial charge in [-0.15, -0.1) is 0 Å². The third kappa shape index (κ3) is 2.87. The van der Waals surface area contributed by atoms with E-state index in [9.17, 15) is 4.79 Å². The van der Waals surface area contributed by atoms with Crippen molar-refractivity contribution in [1.82, 2.24) is 0 Å². The normalized spacial score (nSPS) is 19.2. The first kappa shape index (κ1) is 16.8. The van der Waals surface area contributed by atoms with Gasteiger partial charge in [0.1, 0.15) is 0 Å². The number of anilines is 1. The number of esters is 1. The summed E-state index contributed by atoms with van der Waals surface area (Å²) in [5.41, 5.74) is 2.28. The number of hydrogen-bond donors (Lipinski definition) is 1. The zero-order valence-corrected chi connectivity index (χ0v) is 15.1. The molecule has 2 aromatic carbocycles. The topological polar surface area (TPSA) is 56.8 Å². The lowest BCUT2D eigenvalue weighted by atomic mass is 10.1. The van der Waals surface area contributed by atoms with E-state index in [4.69, 9.17) is 14.2 Å². The van der Waals surface area contributed by atoms with Crippen LogP contribution in [0.15, 0.2) is 42.5 Å². The molecule has 1 unspecified atom stereocenters. The number of benzene rings is 2. The highest BCUT2D eigenvalue weighted by Crippen LogP contribution is 2.45. The van der Waals surface area contributed by atoms with Crippen LogP contribution in [0.3, 0.4) is 0 Å². The molecule has 4 rings (SSSR count). The van der Waals surface area contributed by atoms with Crippen molar-refractivity contribution >= 4 is 11.7 Å². The Kier molecular flexibility index (Phi) is 4.23. The highest BCUT2D eigenvalue weighted by Gasteiger charge is 2.40. The van der Waals surface area contributed by atoms with Gasteiger partial charge in [-0.25, -0.2) is 4.79 Å². The van der Waals surface area contributed by atoms with E-state index in [1.807, 2.05) is 36.4 Å². The lowest BCUT2D eigenvalue weighted by Gasteiger charge is -2.26. The summed E-state index contributed by atoms with van der Waals surface area (Å²) in [6, 6.07) is 13.2. The van der Waals surface area contributed by atoms with Gasteiger partial charge in [0.2, 0.25) is 6.23 Å². The van der Waals surface area contributed by atoms with E-state index in [0.717, 1.165) is 48.4 Å². The monoisotopic (exact) mass is 353 g/mol. The van der Waals surface area contributed by atoms with Crippen LogP contribution < -0.4 is 14.8 Å². The smallest absolute Gasteiger partial charge is 0.340 e. The molecule has 2 heterocycles. The SMILES string of the molecule is CCCC1(CCC)Oc2ccc(NC3OC(=O)c4ccccc43)cc2O1. The molecule has 0 radical (unpaired) electrons. The second-order valence-corrected chi connectivity index (χ2v) is 6.79. The molecule has 2 aliphatic heterocycles. The van der Waals surface area contributed by atoms with Crippen molar-refractivity contribution in [2.24, 2.45) is 0 Å². The van der Waals surface area contributed by atoms with Crippen LogP contribution in [0.1, 0.15) is 61.7 Å². The number of carbonyl (C=O) groups is 1. The molecule has 0 saturated carbocycles. The minimum Gasteiger partial charge on any atom is -0.448 e. The van der Waals surface area contributed by atoms with E-state index < -0.39 is 12.0 Å². The van der Waals surface area contributed by atoms with Gasteiger partial charge in [-0.1, -0.05) is 32.0 Å². The van der Waals surface area contributed by atoms with Crippen LogP contribution in [0, 0.1) is 0 Å². The molecule has 0 aromatic heterocycles. The minimum absolute atomic E-state index is 0.302. The van der Waals surface area contributed by atoms with Gasteiger partial charge in [0.25, 0.3) is 5.79 Å². The number of fused-ring (bicyclic) bond motifs is 2. The Morgan fingerprint density at radius 2 is 1.73 bits per heavy atom. The van der Waals surface area contributed by atoms with Gasteiger partial charge in [-0.2, -0.15) is 0 Å². The van der Waals surface area contributed by atoms with Crippen molar-refractivity contribution in [2.75, 3.05) is 5.32 Å². The Hall–Kier alpha value is -2.69. The fraction of sp³-hybridized carbons (Fsp3) is 0.381. The second-order valence-electron chi connectivity index (χ2n) is 6.79. The first-order chi connectivity index (χ1) is 12.6. The zero-order valence-electron chi connectivity index (χ0n) is 15.1. The fourth-order valence-electron chi connectivity index (χ4n) is 3.68. The van der Waals surface area contributed by atoms with E-state index in [1.54, 1.807) is 6.07 Å². The molecule has 0 spiro atoms. The van der Waals surface area contributed by atoms with E-state index in [0.29, 0.717) is 5.56 Å². The van der Waals surface area contributed by atoms with Crippen LogP contribution in [0.4, 0.5) is 5.69 Å². The fourth-order valence-corrected chi connectivity index (χ4v) is 3.68. The van der Waals surface area contributed by atoms with Crippen molar-refractivity contribution in [3.63, 3.8) is 0 Å². The van der Waals surface area contributed by atoms with Crippen LogP contribution in [-0.4, -0.2) is 11.8 Å². The van der Waals surface area contributed by atoms with Gasteiger partial charge in [-0.3, -0.25) is 0 Å². The lowest BCUT2D eigenvalue weighted by Crippen LogP contribution is -2.38. The van der Waals surface area contributed by atoms with Crippen LogP contribution >= 0.6 is 0 Å².